The van der Waals surface area contributed by atoms with Crippen molar-refractivity contribution in [2.45, 2.75) is 6.92 Å². The lowest BCUT2D eigenvalue weighted by Gasteiger charge is -2.20. The first-order valence-corrected chi connectivity index (χ1v) is 5.56. The molecule has 1 aromatic heterocycles. The Morgan fingerprint density at radius 3 is 3.07 bits per heavy atom. The molecule has 0 N–H and O–H groups in total. The SMILES string of the molecule is C#CCOCCN(CC)c1cccs1. The Balaban J connectivity index is 2.30. The lowest BCUT2D eigenvalue weighted by Crippen LogP contribution is -2.26. The number of anilines is 1. The predicted molar refractivity (Wildman–Crippen MR) is 61.9 cm³/mol. The standard InChI is InChI=1S/C11H15NOS/c1-3-8-13-9-7-12(4-2)11-6-5-10-14-11/h1,5-6,10H,4,7-9H2,2H3. The zero-order valence-corrected chi connectivity index (χ0v) is 9.22. The summed E-state index contributed by atoms with van der Waals surface area (Å²) in [5.41, 5.74) is 0. The van der Waals surface area contributed by atoms with Gasteiger partial charge in [-0.15, -0.1) is 17.8 Å². The molecule has 2 nitrogen and oxygen atoms in total. The van der Waals surface area contributed by atoms with E-state index in [4.69, 9.17) is 11.2 Å². The van der Waals surface area contributed by atoms with Crippen LogP contribution in [-0.4, -0.2) is 26.3 Å². The summed E-state index contributed by atoms with van der Waals surface area (Å²) in [4.78, 5) is 2.28. The van der Waals surface area contributed by atoms with E-state index in [0.29, 0.717) is 13.2 Å². The molecule has 1 aromatic rings. The Labute approximate surface area is 89.5 Å². The Morgan fingerprint density at radius 2 is 2.50 bits per heavy atom. The van der Waals surface area contributed by atoms with E-state index in [1.807, 2.05) is 0 Å². The van der Waals surface area contributed by atoms with E-state index in [2.05, 4.69) is 35.3 Å². The van der Waals surface area contributed by atoms with Gasteiger partial charge >= 0.3 is 0 Å². The summed E-state index contributed by atoms with van der Waals surface area (Å²) >= 11 is 1.75. The van der Waals surface area contributed by atoms with Crippen molar-refractivity contribution in [2.75, 3.05) is 31.2 Å². The summed E-state index contributed by atoms with van der Waals surface area (Å²) < 4.78 is 5.24. The highest BCUT2D eigenvalue weighted by Crippen LogP contribution is 2.20. The van der Waals surface area contributed by atoms with E-state index in [1.165, 1.54) is 5.00 Å². The Kier molecular flexibility index (Phi) is 5.13. The second-order valence-electron chi connectivity index (χ2n) is 2.79. The molecule has 0 atom stereocenters. The van der Waals surface area contributed by atoms with E-state index in [1.54, 1.807) is 11.3 Å². The van der Waals surface area contributed by atoms with Crippen molar-refractivity contribution >= 4 is 16.3 Å². The average molecular weight is 209 g/mol. The van der Waals surface area contributed by atoms with E-state index < -0.39 is 0 Å². The third-order valence-corrected chi connectivity index (χ3v) is 2.82. The summed E-state index contributed by atoms with van der Waals surface area (Å²) in [6, 6.07) is 4.18. The van der Waals surface area contributed by atoms with E-state index in [0.717, 1.165) is 13.1 Å². The maximum absolute atomic E-state index is 5.24. The molecular formula is C11H15NOS. The van der Waals surface area contributed by atoms with Gasteiger partial charge in [-0.25, -0.2) is 0 Å². The number of rotatable bonds is 6. The minimum absolute atomic E-state index is 0.405. The molecule has 0 aromatic carbocycles. The summed E-state index contributed by atoms with van der Waals surface area (Å²) in [6.45, 7) is 5.14. The van der Waals surface area contributed by atoms with Crippen LogP contribution in [0, 0.1) is 12.3 Å². The molecule has 0 aliphatic heterocycles. The largest absolute Gasteiger partial charge is 0.367 e. The van der Waals surface area contributed by atoms with Gasteiger partial charge in [-0.3, -0.25) is 0 Å². The highest BCUT2D eigenvalue weighted by Gasteiger charge is 2.03. The van der Waals surface area contributed by atoms with Crippen LogP contribution in [0.25, 0.3) is 0 Å². The minimum atomic E-state index is 0.405. The zero-order valence-electron chi connectivity index (χ0n) is 8.40. The zero-order chi connectivity index (χ0) is 10.2. The van der Waals surface area contributed by atoms with Crippen molar-refractivity contribution in [1.29, 1.82) is 0 Å². The average Bonchev–Trinajstić information content (AvgIpc) is 2.71. The van der Waals surface area contributed by atoms with Crippen LogP contribution in [0.4, 0.5) is 5.00 Å². The third kappa shape index (κ3) is 3.41. The topological polar surface area (TPSA) is 12.5 Å². The first-order valence-electron chi connectivity index (χ1n) is 4.68. The van der Waals surface area contributed by atoms with Gasteiger partial charge in [0.1, 0.15) is 6.61 Å². The third-order valence-electron chi connectivity index (χ3n) is 1.89. The normalized spacial score (nSPS) is 9.71. The number of hydrogen-bond acceptors (Lipinski definition) is 3. The van der Waals surface area contributed by atoms with Crippen LogP contribution in [0.1, 0.15) is 6.92 Å². The Hall–Kier alpha value is -0.980. The first kappa shape index (κ1) is 11.1. The molecule has 0 saturated heterocycles. The van der Waals surface area contributed by atoms with E-state index in [-0.39, 0.29) is 0 Å². The number of thiophene rings is 1. The van der Waals surface area contributed by atoms with Crippen molar-refractivity contribution in [2.24, 2.45) is 0 Å². The van der Waals surface area contributed by atoms with Gasteiger partial charge in [-0.2, -0.15) is 0 Å². The number of hydrogen-bond donors (Lipinski definition) is 0. The Bertz CT molecular complexity index is 276. The molecule has 0 bridgehead atoms. The smallest absolute Gasteiger partial charge is 0.107 e. The summed E-state index contributed by atoms with van der Waals surface area (Å²) in [6.07, 6.45) is 5.09. The summed E-state index contributed by atoms with van der Waals surface area (Å²) in [5, 5.41) is 3.37. The lowest BCUT2D eigenvalue weighted by atomic mass is 10.5. The van der Waals surface area contributed by atoms with Crippen LogP contribution in [0.5, 0.6) is 0 Å². The van der Waals surface area contributed by atoms with Gasteiger partial charge in [-0.05, 0) is 24.4 Å². The van der Waals surface area contributed by atoms with Crippen molar-refractivity contribution in [1.82, 2.24) is 0 Å². The van der Waals surface area contributed by atoms with Crippen LogP contribution in [0.3, 0.4) is 0 Å². The quantitative estimate of drug-likeness (QED) is 0.526. The number of likely N-dealkylation sites (N-methyl/N-ethyl adjacent to an activating group) is 1. The van der Waals surface area contributed by atoms with E-state index >= 15 is 0 Å². The number of ether oxygens (including phenoxy) is 1. The molecule has 0 aliphatic rings. The molecule has 1 heterocycles. The molecule has 0 fully saturated rings. The first-order chi connectivity index (χ1) is 6.88. The highest BCUT2D eigenvalue weighted by atomic mass is 32.1. The Morgan fingerprint density at radius 1 is 1.64 bits per heavy atom. The van der Waals surface area contributed by atoms with Gasteiger partial charge in [0, 0.05) is 13.1 Å². The van der Waals surface area contributed by atoms with Crippen LogP contribution >= 0.6 is 11.3 Å². The highest BCUT2D eigenvalue weighted by molar-refractivity contribution is 7.14. The molecule has 0 spiro atoms. The maximum Gasteiger partial charge on any atom is 0.107 e. The summed E-state index contributed by atoms with van der Waals surface area (Å²) in [7, 11) is 0. The number of nitrogens with zero attached hydrogens (tertiary/aromatic N) is 1. The van der Waals surface area contributed by atoms with Gasteiger partial charge in [0.05, 0.1) is 11.6 Å². The molecule has 0 radical (unpaired) electrons. The van der Waals surface area contributed by atoms with Crippen LogP contribution < -0.4 is 4.90 Å². The molecular weight excluding hydrogens is 194 g/mol. The van der Waals surface area contributed by atoms with Crippen LogP contribution in [-0.2, 0) is 4.74 Å². The molecule has 14 heavy (non-hydrogen) atoms. The fourth-order valence-electron chi connectivity index (χ4n) is 1.18. The number of terminal acetylenes is 1. The van der Waals surface area contributed by atoms with Gasteiger partial charge < -0.3 is 9.64 Å². The fraction of sp³-hybridized carbons (Fsp3) is 0.455. The fourth-order valence-corrected chi connectivity index (χ4v) is 2.00. The molecule has 0 unspecified atom stereocenters. The van der Waals surface area contributed by atoms with Gasteiger partial charge in [0.2, 0.25) is 0 Å². The molecule has 3 heteroatoms. The second kappa shape index (κ2) is 6.47. The van der Waals surface area contributed by atoms with Crippen molar-refractivity contribution in [3.8, 4) is 12.3 Å². The van der Waals surface area contributed by atoms with Crippen LogP contribution in [0.2, 0.25) is 0 Å². The van der Waals surface area contributed by atoms with Gasteiger partial charge in [-0.1, -0.05) is 5.92 Å². The van der Waals surface area contributed by atoms with Crippen molar-refractivity contribution < 1.29 is 4.74 Å². The monoisotopic (exact) mass is 209 g/mol. The predicted octanol–water partition coefficient (Wildman–Crippen LogP) is 2.22. The van der Waals surface area contributed by atoms with E-state index in [9.17, 15) is 0 Å². The van der Waals surface area contributed by atoms with Crippen molar-refractivity contribution in [3.05, 3.63) is 17.5 Å². The molecule has 0 amide bonds. The lowest BCUT2D eigenvalue weighted by molar-refractivity contribution is 0.174. The maximum atomic E-state index is 5.24. The van der Waals surface area contributed by atoms with Gasteiger partial charge in [0.15, 0.2) is 0 Å². The second-order valence-corrected chi connectivity index (χ2v) is 3.71. The molecule has 1 rings (SSSR count). The summed E-state index contributed by atoms with van der Waals surface area (Å²) in [5.74, 6) is 2.46. The van der Waals surface area contributed by atoms with Crippen molar-refractivity contribution in [3.63, 3.8) is 0 Å². The van der Waals surface area contributed by atoms with Gasteiger partial charge in [0.25, 0.3) is 0 Å². The minimum Gasteiger partial charge on any atom is -0.367 e. The molecule has 0 saturated carbocycles. The molecule has 0 aliphatic carbocycles. The van der Waals surface area contributed by atoms with Crippen LogP contribution in [0.15, 0.2) is 17.5 Å². The molecule has 76 valence electrons.